The number of hydrogen-bond acceptors (Lipinski definition) is 4. The van der Waals surface area contributed by atoms with Crippen LogP contribution in [0.5, 0.6) is 0 Å². The minimum atomic E-state index is -2.86. The Hall–Kier alpha value is -0.130. The van der Waals surface area contributed by atoms with Crippen molar-refractivity contribution in [2.45, 2.75) is 25.9 Å². The van der Waals surface area contributed by atoms with E-state index >= 15 is 0 Å². The molecular formula is C9H19NO3S. The van der Waals surface area contributed by atoms with E-state index in [4.69, 9.17) is 0 Å². The first-order valence-corrected chi connectivity index (χ1v) is 6.96. The normalized spacial score (nSPS) is 24.3. The van der Waals surface area contributed by atoms with Gasteiger partial charge in [-0.3, -0.25) is 4.90 Å². The van der Waals surface area contributed by atoms with Gasteiger partial charge >= 0.3 is 0 Å². The van der Waals surface area contributed by atoms with Crippen molar-refractivity contribution in [2.24, 2.45) is 0 Å². The van der Waals surface area contributed by atoms with Gasteiger partial charge in [-0.2, -0.15) is 0 Å². The third-order valence-corrected chi connectivity index (χ3v) is 4.32. The molecule has 1 aliphatic rings. The summed E-state index contributed by atoms with van der Waals surface area (Å²) in [5.41, 5.74) is 0. The van der Waals surface area contributed by atoms with Crippen LogP contribution in [0.4, 0.5) is 0 Å². The summed E-state index contributed by atoms with van der Waals surface area (Å²) in [6.45, 7) is 3.89. The van der Waals surface area contributed by atoms with E-state index in [2.05, 4.69) is 0 Å². The lowest BCUT2D eigenvalue weighted by Gasteiger charge is -2.14. The van der Waals surface area contributed by atoms with Gasteiger partial charge in [0.05, 0.1) is 11.9 Å². The molecule has 1 atom stereocenters. The van der Waals surface area contributed by atoms with Crippen molar-refractivity contribution in [1.29, 1.82) is 0 Å². The Bertz CT molecular complexity index is 263. The van der Waals surface area contributed by atoms with E-state index in [1.54, 1.807) is 0 Å². The predicted octanol–water partition coefficient (Wildman–Crippen LogP) is -0.122. The summed E-state index contributed by atoms with van der Waals surface area (Å²) in [4.78, 5) is 2.01. The summed E-state index contributed by atoms with van der Waals surface area (Å²) in [6, 6.07) is 0. The van der Waals surface area contributed by atoms with Crippen molar-refractivity contribution < 1.29 is 13.5 Å². The molecule has 84 valence electrons. The number of sulfone groups is 1. The van der Waals surface area contributed by atoms with Crippen molar-refractivity contribution >= 4 is 9.84 Å². The first-order chi connectivity index (χ1) is 6.53. The maximum absolute atomic E-state index is 11.4. The van der Waals surface area contributed by atoms with Crippen LogP contribution in [0.15, 0.2) is 0 Å². The Morgan fingerprint density at radius 3 is 2.64 bits per heavy atom. The molecule has 1 aliphatic heterocycles. The highest BCUT2D eigenvalue weighted by atomic mass is 32.2. The van der Waals surface area contributed by atoms with E-state index in [1.807, 2.05) is 11.8 Å². The molecule has 0 radical (unpaired) electrons. The molecular weight excluding hydrogens is 202 g/mol. The van der Waals surface area contributed by atoms with Crippen LogP contribution in [0.2, 0.25) is 0 Å². The van der Waals surface area contributed by atoms with Gasteiger partial charge in [0.2, 0.25) is 0 Å². The van der Waals surface area contributed by atoms with Crippen LogP contribution in [0.25, 0.3) is 0 Å². The molecule has 0 aromatic carbocycles. The molecule has 14 heavy (non-hydrogen) atoms. The van der Waals surface area contributed by atoms with Crippen LogP contribution in [0.1, 0.15) is 19.8 Å². The maximum Gasteiger partial charge on any atom is 0.151 e. The van der Waals surface area contributed by atoms with Crippen molar-refractivity contribution in [3.63, 3.8) is 0 Å². The SMILES string of the molecule is CCCS(=O)(=O)CCN1CC[C@@H](O)C1. The monoisotopic (exact) mass is 221 g/mol. The Morgan fingerprint density at radius 1 is 1.43 bits per heavy atom. The molecule has 1 fully saturated rings. The van der Waals surface area contributed by atoms with Gasteiger partial charge in [-0.05, 0) is 12.8 Å². The first-order valence-electron chi connectivity index (χ1n) is 5.14. The zero-order chi connectivity index (χ0) is 10.6. The third kappa shape index (κ3) is 3.94. The molecule has 0 unspecified atom stereocenters. The summed E-state index contributed by atoms with van der Waals surface area (Å²) < 4.78 is 22.8. The topological polar surface area (TPSA) is 57.6 Å². The van der Waals surface area contributed by atoms with Gasteiger partial charge in [-0.1, -0.05) is 6.92 Å². The fourth-order valence-electron chi connectivity index (χ4n) is 1.70. The van der Waals surface area contributed by atoms with Gasteiger partial charge in [0.1, 0.15) is 0 Å². The van der Waals surface area contributed by atoms with Crippen LogP contribution in [-0.2, 0) is 9.84 Å². The van der Waals surface area contributed by atoms with Crippen LogP contribution < -0.4 is 0 Å². The second kappa shape index (κ2) is 5.09. The zero-order valence-corrected chi connectivity index (χ0v) is 9.46. The number of β-amino-alcohol motifs (C(OH)–C–C–N with tert-alkyl or cyclic N) is 1. The molecule has 1 rings (SSSR count). The second-order valence-electron chi connectivity index (χ2n) is 3.89. The molecule has 0 aliphatic carbocycles. The van der Waals surface area contributed by atoms with Crippen LogP contribution in [-0.4, -0.2) is 55.7 Å². The first kappa shape index (κ1) is 11.9. The van der Waals surface area contributed by atoms with E-state index < -0.39 is 9.84 Å². The highest BCUT2D eigenvalue weighted by molar-refractivity contribution is 7.91. The summed E-state index contributed by atoms with van der Waals surface area (Å²) in [6.07, 6.45) is 1.20. The smallest absolute Gasteiger partial charge is 0.151 e. The van der Waals surface area contributed by atoms with Gasteiger partial charge in [0, 0.05) is 25.4 Å². The van der Waals surface area contributed by atoms with E-state index in [1.165, 1.54) is 0 Å². The highest BCUT2D eigenvalue weighted by Gasteiger charge is 2.21. The van der Waals surface area contributed by atoms with Crippen LogP contribution in [0, 0.1) is 0 Å². The summed E-state index contributed by atoms with van der Waals surface area (Å²) >= 11 is 0. The van der Waals surface area contributed by atoms with Gasteiger partial charge in [-0.15, -0.1) is 0 Å². The number of aliphatic hydroxyl groups excluding tert-OH is 1. The van der Waals surface area contributed by atoms with E-state index in [0.717, 1.165) is 13.0 Å². The number of hydrogen-bond donors (Lipinski definition) is 1. The molecule has 0 bridgehead atoms. The summed E-state index contributed by atoms with van der Waals surface area (Å²) in [5, 5.41) is 9.24. The molecule has 1 N–H and O–H groups in total. The van der Waals surface area contributed by atoms with E-state index in [9.17, 15) is 13.5 Å². The second-order valence-corrected chi connectivity index (χ2v) is 6.20. The van der Waals surface area contributed by atoms with Crippen molar-refractivity contribution in [2.75, 3.05) is 31.1 Å². The molecule has 1 saturated heterocycles. The fraction of sp³-hybridized carbons (Fsp3) is 1.00. The predicted molar refractivity (Wildman–Crippen MR) is 56.0 cm³/mol. The lowest BCUT2D eigenvalue weighted by molar-refractivity contribution is 0.178. The average molecular weight is 221 g/mol. The molecule has 0 amide bonds. The van der Waals surface area contributed by atoms with E-state index in [-0.39, 0.29) is 17.6 Å². The molecule has 0 aromatic rings. The maximum atomic E-state index is 11.4. The van der Waals surface area contributed by atoms with Crippen molar-refractivity contribution in [3.8, 4) is 0 Å². The number of likely N-dealkylation sites (tertiary alicyclic amines) is 1. The van der Waals surface area contributed by atoms with Gasteiger partial charge in [0.15, 0.2) is 9.84 Å². The highest BCUT2D eigenvalue weighted by Crippen LogP contribution is 2.08. The Balaban J connectivity index is 2.26. The van der Waals surface area contributed by atoms with Gasteiger partial charge in [-0.25, -0.2) is 8.42 Å². The van der Waals surface area contributed by atoms with Crippen molar-refractivity contribution in [3.05, 3.63) is 0 Å². The van der Waals surface area contributed by atoms with Crippen LogP contribution >= 0.6 is 0 Å². The molecule has 5 heteroatoms. The van der Waals surface area contributed by atoms with Gasteiger partial charge in [0.25, 0.3) is 0 Å². The van der Waals surface area contributed by atoms with Gasteiger partial charge < -0.3 is 5.11 Å². The quantitative estimate of drug-likeness (QED) is 0.703. The standard InChI is InChI=1S/C9H19NO3S/c1-2-6-14(12,13)7-5-10-4-3-9(11)8-10/h9,11H,2-8H2,1H3/t9-/m1/s1. The lowest BCUT2D eigenvalue weighted by atomic mass is 10.3. The van der Waals surface area contributed by atoms with Crippen LogP contribution in [0.3, 0.4) is 0 Å². The molecule has 1 heterocycles. The Morgan fingerprint density at radius 2 is 2.14 bits per heavy atom. The average Bonchev–Trinajstić information content (AvgIpc) is 2.48. The van der Waals surface area contributed by atoms with E-state index in [0.29, 0.717) is 19.5 Å². The third-order valence-electron chi connectivity index (χ3n) is 2.48. The fourth-order valence-corrected chi connectivity index (χ4v) is 3.06. The Kier molecular flexibility index (Phi) is 4.34. The molecule has 0 spiro atoms. The largest absolute Gasteiger partial charge is 0.392 e. The number of aliphatic hydroxyl groups is 1. The molecule has 4 nitrogen and oxygen atoms in total. The lowest BCUT2D eigenvalue weighted by Crippen LogP contribution is -2.29. The molecule has 0 saturated carbocycles. The Labute approximate surface area is 85.8 Å². The summed E-state index contributed by atoms with van der Waals surface area (Å²) in [5.74, 6) is 0.511. The zero-order valence-electron chi connectivity index (χ0n) is 8.65. The number of nitrogens with zero attached hydrogens (tertiary/aromatic N) is 1. The number of rotatable bonds is 5. The molecule has 0 aromatic heterocycles. The van der Waals surface area contributed by atoms with Crippen molar-refractivity contribution in [1.82, 2.24) is 4.90 Å². The minimum absolute atomic E-state index is 0.230. The summed E-state index contributed by atoms with van der Waals surface area (Å²) in [7, 11) is -2.86. The minimum Gasteiger partial charge on any atom is -0.392 e.